The number of aliphatic hydroxyl groups excluding tert-OH is 1. The Labute approximate surface area is 79.2 Å². The second-order valence-corrected chi connectivity index (χ2v) is 3.79. The van der Waals surface area contributed by atoms with Crippen LogP contribution in [0, 0.1) is 5.41 Å². The van der Waals surface area contributed by atoms with Crippen LogP contribution < -0.4 is 11.5 Å². The van der Waals surface area contributed by atoms with E-state index in [1.165, 1.54) is 0 Å². The lowest BCUT2D eigenvalue weighted by Gasteiger charge is -2.26. The first-order valence-electron chi connectivity index (χ1n) is 4.92. The van der Waals surface area contributed by atoms with Crippen LogP contribution in [0.3, 0.4) is 0 Å². The maximum absolute atomic E-state index is 9.33. The zero-order valence-corrected chi connectivity index (χ0v) is 8.20. The Hall–Kier alpha value is -0.160. The van der Waals surface area contributed by atoms with Crippen molar-refractivity contribution in [1.82, 2.24) is 0 Å². The molecule has 0 spiro atoms. The molecule has 1 aliphatic carbocycles. The highest BCUT2D eigenvalue weighted by atomic mass is 16.6. The summed E-state index contributed by atoms with van der Waals surface area (Å²) in [6, 6.07) is 0. The molecule has 1 saturated carbocycles. The van der Waals surface area contributed by atoms with E-state index in [-0.39, 0.29) is 11.5 Å². The molecule has 1 unspecified atom stereocenters. The normalized spacial score (nSPS) is 24.0. The molecular weight excluding hydrogens is 168 g/mol. The van der Waals surface area contributed by atoms with Crippen molar-refractivity contribution in [3.05, 3.63) is 0 Å². The average Bonchev–Trinajstić information content (AvgIpc) is 2.94. The molecule has 0 aromatic carbocycles. The minimum atomic E-state index is -0.697. The number of hydrogen-bond acceptors (Lipinski definition) is 4. The third-order valence-electron chi connectivity index (χ3n) is 2.87. The van der Waals surface area contributed by atoms with Crippen molar-refractivity contribution in [1.29, 1.82) is 0 Å². The minimum absolute atomic E-state index is 0.0604. The van der Waals surface area contributed by atoms with Crippen molar-refractivity contribution in [2.24, 2.45) is 16.9 Å². The van der Waals surface area contributed by atoms with Gasteiger partial charge in [0.15, 0.2) is 6.29 Å². The highest BCUT2D eigenvalue weighted by Gasteiger charge is 2.48. The van der Waals surface area contributed by atoms with Crippen LogP contribution >= 0.6 is 0 Å². The molecule has 4 nitrogen and oxygen atoms in total. The molecule has 1 fully saturated rings. The maximum atomic E-state index is 9.33. The van der Waals surface area contributed by atoms with Crippen molar-refractivity contribution in [3.8, 4) is 0 Å². The monoisotopic (exact) mass is 188 g/mol. The smallest absolute Gasteiger partial charge is 0.154 e. The van der Waals surface area contributed by atoms with Gasteiger partial charge in [-0.2, -0.15) is 0 Å². The molecule has 5 N–H and O–H groups in total. The first-order valence-corrected chi connectivity index (χ1v) is 4.92. The van der Waals surface area contributed by atoms with E-state index in [4.69, 9.17) is 16.2 Å². The predicted octanol–water partition coefficient (Wildman–Crippen LogP) is -0.202. The summed E-state index contributed by atoms with van der Waals surface area (Å²) in [6.07, 6.45) is 1.96. The largest absolute Gasteiger partial charge is 0.368 e. The van der Waals surface area contributed by atoms with Crippen LogP contribution in [0.5, 0.6) is 0 Å². The number of hydrogen-bond donors (Lipinski definition) is 3. The fourth-order valence-corrected chi connectivity index (χ4v) is 1.55. The van der Waals surface area contributed by atoms with E-state index in [0.29, 0.717) is 19.5 Å². The quantitative estimate of drug-likeness (QED) is 0.504. The zero-order chi connectivity index (χ0) is 9.90. The summed E-state index contributed by atoms with van der Waals surface area (Å²) >= 11 is 0. The van der Waals surface area contributed by atoms with Gasteiger partial charge in [-0.1, -0.05) is 6.92 Å². The number of rotatable bonds is 6. The van der Waals surface area contributed by atoms with Crippen LogP contribution in [0.1, 0.15) is 26.2 Å². The van der Waals surface area contributed by atoms with E-state index in [1.54, 1.807) is 0 Å². The molecule has 0 aromatic rings. The van der Waals surface area contributed by atoms with Gasteiger partial charge < -0.3 is 21.3 Å². The van der Waals surface area contributed by atoms with E-state index in [2.05, 4.69) is 0 Å². The molecule has 4 heteroatoms. The summed E-state index contributed by atoms with van der Waals surface area (Å²) < 4.78 is 5.42. The van der Waals surface area contributed by atoms with E-state index in [9.17, 15) is 5.11 Å². The van der Waals surface area contributed by atoms with E-state index in [0.717, 1.165) is 12.8 Å². The van der Waals surface area contributed by atoms with E-state index in [1.807, 2.05) is 6.92 Å². The van der Waals surface area contributed by atoms with Gasteiger partial charge in [-0.3, -0.25) is 0 Å². The van der Waals surface area contributed by atoms with Crippen LogP contribution in [0.15, 0.2) is 0 Å². The molecule has 0 saturated heterocycles. The Morgan fingerprint density at radius 2 is 2.08 bits per heavy atom. The maximum Gasteiger partial charge on any atom is 0.154 e. The zero-order valence-electron chi connectivity index (χ0n) is 8.20. The second kappa shape index (κ2) is 4.37. The van der Waals surface area contributed by atoms with Gasteiger partial charge in [0.1, 0.15) is 0 Å². The summed E-state index contributed by atoms with van der Waals surface area (Å²) in [5.74, 6) is 0. The molecule has 0 amide bonds. The Morgan fingerprint density at radius 3 is 2.38 bits per heavy atom. The molecule has 0 aliphatic heterocycles. The van der Waals surface area contributed by atoms with Gasteiger partial charge in [0.25, 0.3) is 0 Å². The van der Waals surface area contributed by atoms with E-state index < -0.39 is 6.29 Å². The highest BCUT2D eigenvalue weighted by molar-refractivity contribution is 5.00. The SMILES string of the molecule is CCC(O)O[C@H](CN)C1(CN)CC1. The van der Waals surface area contributed by atoms with E-state index >= 15 is 0 Å². The molecule has 0 bridgehead atoms. The minimum Gasteiger partial charge on any atom is -0.368 e. The molecular formula is C9H20N2O2. The Morgan fingerprint density at radius 1 is 1.46 bits per heavy atom. The van der Waals surface area contributed by atoms with Crippen molar-refractivity contribution in [3.63, 3.8) is 0 Å². The summed E-state index contributed by atoms with van der Waals surface area (Å²) in [4.78, 5) is 0. The van der Waals surface area contributed by atoms with Gasteiger partial charge in [-0.25, -0.2) is 0 Å². The summed E-state index contributed by atoms with van der Waals surface area (Å²) in [6.45, 7) is 2.92. The molecule has 13 heavy (non-hydrogen) atoms. The molecule has 1 rings (SSSR count). The highest BCUT2D eigenvalue weighted by Crippen LogP contribution is 2.48. The van der Waals surface area contributed by atoms with Crippen LogP contribution in [0.4, 0.5) is 0 Å². The fourth-order valence-electron chi connectivity index (χ4n) is 1.55. The molecule has 1 aliphatic rings. The number of nitrogens with two attached hydrogens (primary N) is 2. The average molecular weight is 188 g/mol. The summed E-state index contributed by atoms with van der Waals surface area (Å²) in [5.41, 5.74) is 11.3. The van der Waals surface area contributed by atoms with Crippen molar-refractivity contribution in [2.75, 3.05) is 13.1 Å². The Kier molecular flexibility index (Phi) is 3.67. The predicted molar refractivity (Wildman–Crippen MR) is 50.9 cm³/mol. The first-order chi connectivity index (χ1) is 6.18. The number of aliphatic hydroxyl groups is 1. The van der Waals surface area contributed by atoms with Gasteiger partial charge in [0.2, 0.25) is 0 Å². The van der Waals surface area contributed by atoms with Crippen molar-refractivity contribution in [2.45, 2.75) is 38.6 Å². The van der Waals surface area contributed by atoms with Crippen LogP contribution in [0.2, 0.25) is 0 Å². The first kappa shape index (κ1) is 10.9. The standard InChI is InChI=1S/C9H20N2O2/c1-2-8(12)13-7(5-10)9(6-11)3-4-9/h7-8,12H,2-6,10-11H2,1H3/t7-,8?/m1/s1. The lowest BCUT2D eigenvalue weighted by atomic mass is 9.99. The summed E-state index contributed by atoms with van der Waals surface area (Å²) in [5, 5.41) is 9.33. The Bertz CT molecular complexity index is 160. The summed E-state index contributed by atoms with van der Waals surface area (Å²) in [7, 11) is 0. The van der Waals surface area contributed by atoms with Gasteiger partial charge in [-0.05, 0) is 19.3 Å². The van der Waals surface area contributed by atoms with Crippen LogP contribution in [-0.4, -0.2) is 30.6 Å². The Balaban J connectivity index is 2.43. The van der Waals surface area contributed by atoms with Crippen LogP contribution in [-0.2, 0) is 4.74 Å². The topological polar surface area (TPSA) is 81.5 Å². The number of ether oxygens (including phenoxy) is 1. The van der Waals surface area contributed by atoms with Crippen molar-refractivity contribution >= 4 is 0 Å². The third kappa shape index (κ3) is 2.40. The molecule has 0 radical (unpaired) electrons. The fraction of sp³-hybridized carbons (Fsp3) is 1.00. The molecule has 2 atom stereocenters. The second-order valence-electron chi connectivity index (χ2n) is 3.79. The third-order valence-corrected chi connectivity index (χ3v) is 2.87. The molecule has 0 aromatic heterocycles. The van der Waals surface area contributed by atoms with Gasteiger partial charge in [-0.15, -0.1) is 0 Å². The van der Waals surface area contributed by atoms with Gasteiger partial charge in [0, 0.05) is 18.5 Å². The molecule has 0 heterocycles. The van der Waals surface area contributed by atoms with Gasteiger partial charge in [0.05, 0.1) is 6.10 Å². The van der Waals surface area contributed by atoms with Crippen LogP contribution in [0.25, 0.3) is 0 Å². The molecule has 78 valence electrons. The lowest BCUT2D eigenvalue weighted by molar-refractivity contribution is -0.152. The van der Waals surface area contributed by atoms with Crippen molar-refractivity contribution < 1.29 is 9.84 Å². The lowest BCUT2D eigenvalue weighted by Crippen LogP contribution is -2.40. The van der Waals surface area contributed by atoms with Gasteiger partial charge >= 0.3 is 0 Å².